The van der Waals surface area contributed by atoms with E-state index in [9.17, 15) is 0 Å². The lowest BCUT2D eigenvalue weighted by atomic mass is 10.1. The lowest BCUT2D eigenvalue weighted by Crippen LogP contribution is -2.20. The first-order chi connectivity index (χ1) is 8.18. The highest BCUT2D eigenvalue weighted by atomic mass is 16.5. The van der Waals surface area contributed by atoms with E-state index in [1.165, 1.54) is 0 Å². The summed E-state index contributed by atoms with van der Waals surface area (Å²) in [5.41, 5.74) is 8.82. The van der Waals surface area contributed by atoms with Gasteiger partial charge in [0.1, 0.15) is 0 Å². The van der Waals surface area contributed by atoms with Gasteiger partial charge in [-0.2, -0.15) is 0 Å². The molecule has 0 aliphatic heterocycles. The zero-order valence-corrected chi connectivity index (χ0v) is 10.1. The van der Waals surface area contributed by atoms with Crippen molar-refractivity contribution in [2.24, 2.45) is 5.73 Å². The van der Waals surface area contributed by atoms with Gasteiger partial charge < -0.3 is 10.5 Å². The first-order valence-corrected chi connectivity index (χ1v) is 5.75. The Bertz CT molecular complexity index is 493. The zero-order chi connectivity index (χ0) is 12.3. The van der Waals surface area contributed by atoms with Crippen LogP contribution in [0.2, 0.25) is 0 Å². The molecule has 2 N–H and O–H groups in total. The van der Waals surface area contributed by atoms with Crippen LogP contribution in [-0.4, -0.2) is 22.7 Å². The van der Waals surface area contributed by atoms with Crippen molar-refractivity contribution < 1.29 is 4.74 Å². The van der Waals surface area contributed by atoms with Crippen molar-refractivity contribution >= 4 is 11.0 Å². The molecule has 90 valence electrons. The highest BCUT2D eigenvalue weighted by Crippen LogP contribution is 2.19. The van der Waals surface area contributed by atoms with Crippen molar-refractivity contribution in [1.29, 1.82) is 0 Å². The number of para-hydroxylation sites is 1. The molecule has 17 heavy (non-hydrogen) atoms. The predicted molar refractivity (Wildman–Crippen MR) is 67.6 cm³/mol. The number of nitrogens with two attached hydrogens (primary N) is 1. The highest BCUT2D eigenvalue weighted by molar-refractivity contribution is 5.77. The largest absolute Gasteiger partial charge is 0.377 e. The first-order valence-electron chi connectivity index (χ1n) is 5.75. The van der Waals surface area contributed by atoms with Gasteiger partial charge in [0.15, 0.2) is 0 Å². The van der Waals surface area contributed by atoms with E-state index in [1.54, 1.807) is 12.4 Å². The third kappa shape index (κ3) is 2.78. The third-order valence-electron chi connectivity index (χ3n) is 2.54. The molecule has 4 heteroatoms. The normalized spacial score (nSPS) is 13.2. The van der Waals surface area contributed by atoms with Gasteiger partial charge in [-0.15, -0.1) is 0 Å². The Kier molecular flexibility index (Phi) is 3.66. The molecule has 1 heterocycles. The quantitative estimate of drug-likeness (QED) is 0.874. The van der Waals surface area contributed by atoms with E-state index in [4.69, 9.17) is 10.5 Å². The predicted octanol–water partition coefficient (Wildman–Crippen LogP) is 2.05. The summed E-state index contributed by atoms with van der Waals surface area (Å²) in [5, 5.41) is 0. The van der Waals surface area contributed by atoms with Crippen LogP contribution in [-0.2, 0) is 4.74 Å². The molecule has 0 spiro atoms. The molecule has 0 fully saturated rings. The average molecular weight is 231 g/mol. The van der Waals surface area contributed by atoms with Gasteiger partial charge in [0.2, 0.25) is 0 Å². The van der Waals surface area contributed by atoms with Gasteiger partial charge in [0, 0.05) is 12.4 Å². The van der Waals surface area contributed by atoms with Crippen LogP contribution in [0.25, 0.3) is 11.0 Å². The van der Waals surface area contributed by atoms with Crippen LogP contribution in [0.5, 0.6) is 0 Å². The van der Waals surface area contributed by atoms with Gasteiger partial charge in [-0.25, -0.2) is 0 Å². The number of fused-ring (bicyclic) bond motifs is 1. The number of nitrogens with zero attached hydrogens (tertiary/aromatic N) is 2. The van der Waals surface area contributed by atoms with Crippen LogP contribution >= 0.6 is 0 Å². The van der Waals surface area contributed by atoms with Crippen LogP contribution in [0.1, 0.15) is 25.5 Å². The third-order valence-corrected chi connectivity index (χ3v) is 2.54. The fourth-order valence-electron chi connectivity index (χ4n) is 1.70. The van der Waals surface area contributed by atoms with Gasteiger partial charge in [-0.3, -0.25) is 9.97 Å². The Labute approximate surface area is 101 Å². The SMILES string of the molecule is CC(C)OCC(N)c1cccc2nccnc12. The summed E-state index contributed by atoms with van der Waals surface area (Å²) in [7, 11) is 0. The van der Waals surface area contributed by atoms with Gasteiger partial charge in [0.05, 0.1) is 29.8 Å². The van der Waals surface area contributed by atoms with Crippen molar-refractivity contribution in [2.45, 2.75) is 26.0 Å². The Morgan fingerprint density at radius 1 is 1.24 bits per heavy atom. The summed E-state index contributed by atoms with van der Waals surface area (Å²) in [6, 6.07) is 5.69. The van der Waals surface area contributed by atoms with Gasteiger partial charge in [-0.05, 0) is 25.5 Å². The van der Waals surface area contributed by atoms with Gasteiger partial charge in [0.25, 0.3) is 0 Å². The molecule has 4 nitrogen and oxygen atoms in total. The summed E-state index contributed by atoms with van der Waals surface area (Å²) < 4.78 is 5.53. The first kappa shape index (κ1) is 12.0. The molecule has 2 rings (SSSR count). The topological polar surface area (TPSA) is 61.0 Å². The fraction of sp³-hybridized carbons (Fsp3) is 0.385. The van der Waals surface area contributed by atoms with Crippen LogP contribution in [0.15, 0.2) is 30.6 Å². The lowest BCUT2D eigenvalue weighted by Gasteiger charge is -2.15. The standard InChI is InChI=1S/C13H17N3O/c1-9(2)17-8-11(14)10-4-3-5-12-13(10)16-7-6-15-12/h3-7,9,11H,8,14H2,1-2H3. The van der Waals surface area contributed by atoms with Crippen LogP contribution < -0.4 is 5.73 Å². The molecular weight excluding hydrogens is 214 g/mol. The second kappa shape index (κ2) is 5.21. The van der Waals surface area contributed by atoms with Crippen molar-refractivity contribution in [3.63, 3.8) is 0 Å². The summed E-state index contributed by atoms with van der Waals surface area (Å²) in [6.45, 7) is 4.48. The van der Waals surface area contributed by atoms with Crippen molar-refractivity contribution in [3.05, 3.63) is 36.2 Å². The average Bonchev–Trinajstić information content (AvgIpc) is 2.35. The molecule has 0 radical (unpaired) electrons. The summed E-state index contributed by atoms with van der Waals surface area (Å²) in [5.74, 6) is 0. The van der Waals surface area contributed by atoms with Gasteiger partial charge in [-0.1, -0.05) is 12.1 Å². The second-order valence-corrected chi connectivity index (χ2v) is 4.26. The van der Waals surface area contributed by atoms with E-state index in [1.807, 2.05) is 32.0 Å². The van der Waals surface area contributed by atoms with E-state index in [0.29, 0.717) is 6.61 Å². The number of rotatable bonds is 4. The number of hydrogen-bond acceptors (Lipinski definition) is 4. The number of ether oxygens (including phenoxy) is 1. The summed E-state index contributed by atoms with van der Waals surface area (Å²) in [4.78, 5) is 8.59. The van der Waals surface area contributed by atoms with E-state index < -0.39 is 0 Å². The molecule has 2 aromatic rings. The van der Waals surface area contributed by atoms with Crippen LogP contribution in [0.3, 0.4) is 0 Å². The maximum atomic E-state index is 6.12. The van der Waals surface area contributed by atoms with Crippen molar-refractivity contribution in [1.82, 2.24) is 9.97 Å². The molecule has 1 aromatic heterocycles. The fourth-order valence-corrected chi connectivity index (χ4v) is 1.70. The zero-order valence-electron chi connectivity index (χ0n) is 10.1. The van der Waals surface area contributed by atoms with Crippen molar-refractivity contribution in [3.8, 4) is 0 Å². The smallest absolute Gasteiger partial charge is 0.0935 e. The van der Waals surface area contributed by atoms with E-state index in [0.717, 1.165) is 16.6 Å². The molecule has 0 aliphatic carbocycles. The Morgan fingerprint density at radius 3 is 2.76 bits per heavy atom. The monoisotopic (exact) mass is 231 g/mol. The van der Waals surface area contributed by atoms with Crippen LogP contribution in [0, 0.1) is 0 Å². The summed E-state index contributed by atoms with van der Waals surface area (Å²) >= 11 is 0. The summed E-state index contributed by atoms with van der Waals surface area (Å²) in [6.07, 6.45) is 3.55. The Morgan fingerprint density at radius 2 is 2.00 bits per heavy atom. The van der Waals surface area contributed by atoms with E-state index >= 15 is 0 Å². The number of benzene rings is 1. The molecule has 0 saturated heterocycles. The molecule has 1 unspecified atom stereocenters. The second-order valence-electron chi connectivity index (χ2n) is 4.26. The Balaban J connectivity index is 2.28. The minimum atomic E-state index is -0.169. The highest BCUT2D eigenvalue weighted by Gasteiger charge is 2.11. The molecule has 1 aromatic carbocycles. The lowest BCUT2D eigenvalue weighted by molar-refractivity contribution is 0.0685. The van der Waals surface area contributed by atoms with E-state index in [2.05, 4.69) is 9.97 Å². The maximum Gasteiger partial charge on any atom is 0.0935 e. The van der Waals surface area contributed by atoms with Gasteiger partial charge >= 0.3 is 0 Å². The molecule has 1 atom stereocenters. The molecule has 0 saturated carbocycles. The Hall–Kier alpha value is -1.52. The minimum absolute atomic E-state index is 0.169. The number of hydrogen-bond donors (Lipinski definition) is 1. The van der Waals surface area contributed by atoms with Crippen molar-refractivity contribution in [2.75, 3.05) is 6.61 Å². The minimum Gasteiger partial charge on any atom is -0.377 e. The molecular formula is C13H17N3O. The number of aromatic nitrogens is 2. The van der Waals surface area contributed by atoms with Crippen LogP contribution in [0.4, 0.5) is 0 Å². The maximum absolute atomic E-state index is 6.12. The molecule has 0 aliphatic rings. The molecule has 0 amide bonds. The van der Waals surface area contributed by atoms with E-state index in [-0.39, 0.29) is 12.1 Å². The molecule has 0 bridgehead atoms.